The van der Waals surface area contributed by atoms with Crippen molar-refractivity contribution in [2.75, 3.05) is 0 Å². The summed E-state index contributed by atoms with van der Waals surface area (Å²) in [5, 5.41) is 18.9. The Labute approximate surface area is 174 Å². The highest BCUT2D eigenvalue weighted by atomic mass is 16.4. The first-order chi connectivity index (χ1) is 14.6. The first-order valence-corrected chi connectivity index (χ1v) is 9.73. The lowest BCUT2D eigenvalue weighted by Gasteiger charge is -2.37. The molecule has 0 fully saturated rings. The second kappa shape index (κ2) is 8.35. The van der Waals surface area contributed by atoms with Crippen molar-refractivity contribution in [1.29, 1.82) is 0 Å². The zero-order chi connectivity index (χ0) is 21.0. The normalized spacial score (nSPS) is 12.4. The number of rotatable bonds is 7. The van der Waals surface area contributed by atoms with Gasteiger partial charge >= 0.3 is 5.97 Å². The third-order valence-electron chi connectivity index (χ3n) is 5.29. The largest absolute Gasteiger partial charge is 0.479 e. The maximum atomic E-state index is 11.1. The minimum absolute atomic E-state index is 0.0587. The standard InChI is InChI=1S/C25H22N2O3/c28-23(24(29)30)16-22-17-27(18-26-22)25(19-10-4-1-5-11-19,20-12-6-2-7-13-20)21-14-8-3-9-15-21/h1-15,17-18,23,28H,16H2,(H,29,30). The van der Waals surface area contributed by atoms with E-state index in [-0.39, 0.29) is 6.42 Å². The van der Waals surface area contributed by atoms with Crippen LogP contribution in [0.1, 0.15) is 22.4 Å². The number of aliphatic hydroxyl groups is 1. The zero-order valence-corrected chi connectivity index (χ0v) is 16.3. The number of carboxylic acids is 1. The number of hydrogen-bond donors (Lipinski definition) is 2. The van der Waals surface area contributed by atoms with Gasteiger partial charge < -0.3 is 14.8 Å². The van der Waals surface area contributed by atoms with E-state index in [4.69, 9.17) is 5.11 Å². The molecule has 3 aromatic carbocycles. The number of carbonyl (C=O) groups is 1. The van der Waals surface area contributed by atoms with E-state index in [9.17, 15) is 9.90 Å². The molecule has 0 radical (unpaired) electrons. The van der Waals surface area contributed by atoms with Crippen molar-refractivity contribution >= 4 is 5.97 Å². The molecule has 1 heterocycles. The highest BCUT2D eigenvalue weighted by molar-refractivity contribution is 5.72. The summed E-state index contributed by atoms with van der Waals surface area (Å²) >= 11 is 0. The fraction of sp³-hybridized carbons (Fsp3) is 0.120. The van der Waals surface area contributed by atoms with Gasteiger partial charge in [-0.3, -0.25) is 0 Å². The van der Waals surface area contributed by atoms with Crippen LogP contribution in [0.25, 0.3) is 0 Å². The summed E-state index contributed by atoms with van der Waals surface area (Å²) in [5.74, 6) is -1.26. The first-order valence-electron chi connectivity index (χ1n) is 9.73. The molecular weight excluding hydrogens is 376 g/mol. The van der Waals surface area contributed by atoms with Gasteiger partial charge in [0.05, 0.1) is 12.0 Å². The molecule has 5 nitrogen and oxygen atoms in total. The highest BCUT2D eigenvalue weighted by Gasteiger charge is 2.38. The molecule has 0 spiro atoms. The van der Waals surface area contributed by atoms with Gasteiger partial charge in [0.2, 0.25) is 0 Å². The summed E-state index contributed by atoms with van der Waals surface area (Å²) in [5.41, 5.74) is 2.95. The molecule has 1 aromatic heterocycles. The summed E-state index contributed by atoms with van der Waals surface area (Å²) in [6.45, 7) is 0. The van der Waals surface area contributed by atoms with E-state index in [0.29, 0.717) is 5.69 Å². The molecule has 0 saturated carbocycles. The zero-order valence-electron chi connectivity index (χ0n) is 16.3. The van der Waals surface area contributed by atoms with Crippen LogP contribution in [0.3, 0.4) is 0 Å². The van der Waals surface area contributed by atoms with Crippen LogP contribution in [0.15, 0.2) is 104 Å². The van der Waals surface area contributed by atoms with Crippen LogP contribution in [0.4, 0.5) is 0 Å². The van der Waals surface area contributed by atoms with Crippen molar-refractivity contribution in [3.05, 3.63) is 126 Å². The van der Waals surface area contributed by atoms with E-state index in [1.807, 2.05) is 65.4 Å². The molecular formula is C25H22N2O3. The van der Waals surface area contributed by atoms with Crippen LogP contribution >= 0.6 is 0 Å². The Morgan fingerprint density at radius 2 is 1.27 bits per heavy atom. The third-order valence-corrected chi connectivity index (χ3v) is 5.29. The number of benzene rings is 3. The summed E-state index contributed by atoms with van der Waals surface area (Å²) in [6.07, 6.45) is 1.97. The molecule has 1 atom stereocenters. The van der Waals surface area contributed by atoms with Crippen LogP contribution in [0, 0.1) is 0 Å². The number of nitrogens with zero attached hydrogens (tertiary/aromatic N) is 2. The van der Waals surface area contributed by atoms with Gasteiger partial charge in [-0.1, -0.05) is 91.0 Å². The number of aliphatic hydroxyl groups excluding tert-OH is 1. The Morgan fingerprint density at radius 3 is 1.67 bits per heavy atom. The summed E-state index contributed by atoms with van der Waals surface area (Å²) in [7, 11) is 0. The van der Waals surface area contributed by atoms with Crippen molar-refractivity contribution in [2.24, 2.45) is 0 Å². The van der Waals surface area contributed by atoms with Gasteiger partial charge in [-0.05, 0) is 16.7 Å². The minimum Gasteiger partial charge on any atom is -0.479 e. The van der Waals surface area contributed by atoms with E-state index in [1.54, 1.807) is 6.33 Å². The van der Waals surface area contributed by atoms with Gasteiger partial charge in [0.1, 0.15) is 5.54 Å². The predicted molar refractivity (Wildman–Crippen MR) is 114 cm³/mol. The predicted octanol–water partition coefficient (Wildman–Crippen LogP) is 3.71. The molecule has 0 aliphatic carbocycles. The van der Waals surface area contributed by atoms with E-state index >= 15 is 0 Å². The topological polar surface area (TPSA) is 75.3 Å². The molecule has 0 amide bonds. The molecule has 4 rings (SSSR count). The summed E-state index contributed by atoms with van der Waals surface area (Å²) in [6, 6.07) is 30.4. The number of hydrogen-bond acceptors (Lipinski definition) is 3. The smallest absolute Gasteiger partial charge is 0.332 e. The van der Waals surface area contributed by atoms with Crippen LogP contribution in [0.2, 0.25) is 0 Å². The Balaban J connectivity index is 1.97. The van der Waals surface area contributed by atoms with Crippen molar-refractivity contribution in [3.8, 4) is 0 Å². The number of aromatic nitrogens is 2. The Hall–Kier alpha value is -3.70. The minimum atomic E-state index is -1.49. The molecule has 0 saturated heterocycles. The molecule has 30 heavy (non-hydrogen) atoms. The summed E-state index contributed by atoms with van der Waals surface area (Å²) < 4.78 is 2.00. The fourth-order valence-electron chi connectivity index (χ4n) is 3.92. The van der Waals surface area contributed by atoms with E-state index < -0.39 is 17.6 Å². The van der Waals surface area contributed by atoms with Gasteiger partial charge in [0.25, 0.3) is 0 Å². The number of aliphatic carboxylic acids is 1. The third kappa shape index (κ3) is 3.51. The Bertz CT molecular complexity index is 1010. The molecule has 0 aliphatic rings. The Kier molecular flexibility index (Phi) is 5.46. The molecule has 0 bridgehead atoms. The molecule has 4 aromatic rings. The molecule has 1 unspecified atom stereocenters. The molecule has 0 aliphatic heterocycles. The lowest BCUT2D eigenvalue weighted by atomic mass is 9.77. The van der Waals surface area contributed by atoms with Crippen LogP contribution < -0.4 is 0 Å². The first kappa shape index (κ1) is 19.6. The molecule has 2 N–H and O–H groups in total. The van der Waals surface area contributed by atoms with Gasteiger partial charge in [0, 0.05) is 12.6 Å². The average molecular weight is 398 g/mol. The van der Waals surface area contributed by atoms with Crippen LogP contribution in [-0.2, 0) is 16.8 Å². The highest BCUT2D eigenvalue weighted by Crippen LogP contribution is 2.40. The maximum absolute atomic E-state index is 11.1. The lowest BCUT2D eigenvalue weighted by molar-refractivity contribution is -0.146. The molecule has 150 valence electrons. The van der Waals surface area contributed by atoms with Crippen LogP contribution in [-0.4, -0.2) is 31.8 Å². The van der Waals surface area contributed by atoms with Gasteiger partial charge in [0.15, 0.2) is 6.10 Å². The fourth-order valence-corrected chi connectivity index (χ4v) is 3.92. The second-order valence-corrected chi connectivity index (χ2v) is 7.14. The summed E-state index contributed by atoms with van der Waals surface area (Å²) in [4.78, 5) is 15.5. The number of carboxylic acid groups (broad SMARTS) is 1. The second-order valence-electron chi connectivity index (χ2n) is 7.14. The lowest BCUT2D eigenvalue weighted by Crippen LogP contribution is -2.37. The van der Waals surface area contributed by atoms with E-state index in [0.717, 1.165) is 16.7 Å². The monoisotopic (exact) mass is 398 g/mol. The average Bonchev–Trinajstić information content (AvgIpc) is 3.25. The van der Waals surface area contributed by atoms with Crippen molar-refractivity contribution in [3.63, 3.8) is 0 Å². The van der Waals surface area contributed by atoms with Gasteiger partial charge in [-0.2, -0.15) is 0 Å². The van der Waals surface area contributed by atoms with Gasteiger partial charge in [-0.25, -0.2) is 9.78 Å². The molecule has 5 heteroatoms. The van der Waals surface area contributed by atoms with Gasteiger partial charge in [-0.15, -0.1) is 0 Å². The van der Waals surface area contributed by atoms with E-state index in [1.165, 1.54) is 0 Å². The Morgan fingerprint density at radius 1 is 0.833 bits per heavy atom. The van der Waals surface area contributed by atoms with Crippen molar-refractivity contribution < 1.29 is 15.0 Å². The number of imidazole rings is 1. The van der Waals surface area contributed by atoms with Crippen molar-refractivity contribution in [1.82, 2.24) is 9.55 Å². The van der Waals surface area contributed by atoms with Crippen LogP contribution in [0.5, 0.6) is 0 Å². The quantitative estimate of drug-likeness (QED) is 0.466. The van der Waals surface area contributed by atoms with Crippen molar-refractivity contribution in [2.45, 2.75) is 18.1 Å². The SMILES string of the molecule is O=C(O)C(O)Cc1cn(C(c2ccccc2)(c2ccccc2)c2ccccc2)cn1. The van der Waals surface area contributed by atoms with E-state index in [2.05, 4.69) is 41.4 Å². The maximum Gasteiger partial charge on any atom is 0.332 e.